The molecule has 2 heterocycles. The van der Waals surface area contributed by atoms with Crippen LogP contribution in [0.3, 0.4) is 0 Å². The first-order valence-corrected chi connectivity index (χ1v) is 9.38. The van der Waals surface area contributed by atoms with Crippen LogP contribution in [-0.2, 0) is 4.79 Å². The van der Waals surface area contributed by atoms with Gasteiger partial charge < -0.3 is 14.5 Å². The Kier molecular flexibility index (Phi) is 6.34. The van der Waals surface area contributed by atoms with Gasteiger partial charge in [-0.1, -0.05) is 18.6 Å². The van der Waals surface area contributed by atoms with Gasteiger partial charge in [-0.15, -0.1) is 0 Å². The molecule has 1 atom stereocenters. The van der Waals surface area contributed by atoms with Gasteiger partial charge in [0.1, 0.15) is 17.3 Å². The minimum Gasteiger partial charge on any atom is -0.484 e. The van der Waals surface area contributed by atoms with E-state index >= 15 is 0 Å². The molecule has 0 spiro atoms. The number of amides is 1. The summed E-state index contributed by atoms with van der Waals surface area (Å²) in [6, 6.07) is 11.8. The van der Waals surface area contributed by atoms with Crippen LogP contribution in [0.4, 0.5) is 0 Å². The van der Waals surface area contributed by atoms with Gasteiger partial charge in [0.25, 0.3) is 5.91 Å². The third-order valence-corrected chi connectivity index (χ3v) is 4.77. The normalized spacial score (nSPS) is 16.2. The van der Waals surface area contributed by atoms with Crippen molar-refractivity contribution >= 4 is 5.91 Å². The molecule has 26 heavy (non-hydrogen) atoms. The number of carbonyl (C=O) groups excluding carboxylic acids is 1. The number of rotatable bonds is 7. The van der Waals surface area contributed by atoms with Crippen LogP contribution in [0.2, 0.25) is 0 Å². The van der Waals surface area contributed by atoms with Gasteiger partial charge in [-0.25, -0.2) is 0 Å². The van der Waals surface area contributed by atoms with Crippen molar-refractivity contribution in [3.8, 4) is 5.75 Å². The van der Waals surface area contributed by atoms with E-state index in [4.69, 9.17) is 9.15 Å². The lowest BCUT2D eigenvalue weighted by atomic mass is 10.1. The number of hydrogen-bond acceptors (Lipinski definition) is 4. The molecule has 1 aliphatic heterocycles. The predicted octanol–water partition coefficient (Wildman–Crippen LogP) is 3.62. The Balaban J connectivity index is 1.55. The maximum Gasteiger partial charge on any atom is 0.258 e. The molecule has 1 amide bonds. The minimum atomic E-state index is -0.114. The van der Waals surface area contributed by atoms with Crippen LogP contribution < -0.4 is 10.1 Å². The number of nitrogens with one attached hydrogen (secondary N) is 1. The summed E-state index contributed by atoms with van der Waals surface area (Å²) >= 11 is 0. The zero-order valence-electron chi connectivity index (χ0n) is 15.7. The fraction of sp³-hybridized carbons (Fsp3) is 0.476. The van der Waals surface area contributed by atoms with Crippen molar-refractivity contribution in [2.24, 2.45) is 0 Å². The Morgan fingerprint density at radius 3 is 2.69 bits per heavy atom. The molecule has 2 aromatic rings. The number of benzene rings is 1. The molecular weight excluding hydrogens is 328 g/mol. The van der Waals surface area contributed by atoms with Gasteiger partial charge in [0.05, 0.1) is 6.04 Å². The third-order valence-electron chi connectivity index (χ3n) is 4.77. The molecule has 1 aromatic carbocycles. The number of likely N-dealkylation sites (tertiary alicyclic amines) is 1. The van der Waals surface area contributed by atoms with E-state index in [9.17, 15) is 4.79 Å². The molecule has 0 aliphatic carbocycles. The largest absolute Gasteiger partial charge is 0.484 e. The Morgan fingerprint density at radius 2 is 2.00 bits per heavy atom. The molecule has 1 aromatic heterocycles. The van der Waals surface area contributed by atoms with Gasteiger partial charge in [-0.3, -0.25) is 9.69 Å². The molecule has 3 rings (SSSR count). The Bertz CT molecular complexity index is 720. The number of piperidine rings is 1. The second kappa shape index (κ2) is 8.90. The van der Waals surface area contributed by atoms with Gasteiger partial charge in [-0.2, -0.15) is 0 Å². The Labute approximate surface area is 155 Å². The van der Waals surface area contributed by atoms with E-state index in [1.54, 1.807) is 0 Å². The van der Waals surface area contributed by atoms with Crippen LogP contribution in [-0.4, -0.2) is 37.0 Å². The van der Waals surface area contributed by atoms with Gasteiger partial charge in [0, 0.05) is 6.54 Å². The van der Waals surface area contributed by atoms with Crippen molar-refractivity contribution in [3.63, 3.8) is 0 Å². The van der Waals surface area contributed by atoms with Gasteiger partial charge in [-0.05, 0) is 69.6 Å². The highest BCUT2D eigenvalue weighted by atomic mass is 16.5. The summed E-state index contributed by atoms with van der Waals surface area (Å²) in [5.74, 6) is 2.42. The highest BCUT2D eigenvalue weighted by Crippen LogP contribution is 2.25. The molecular formula is C21H28N2O3. The number of furan rings is 1. The van der Waals surface area contributed by atoms with E-state index in [2.05, 4.69) is 10.2 Å². The molecule has 0 radical (unpaired) electrons. The second-order valence-corrected chi connectivity index (χ2v) is 6.97. The highest BCUT2D eigenvalue weighted by Gasteiger charge is 2.25. The maximum absolute atomic E-state index is 12.2. The Morgan fingerprint density at radius 1 is 1.19 bits per heavy atom. The molecule has 5 nitrogen and oxygen atoms in total. The van der Waals surface area contributed by atoms with E-state index in [1.165, 1.54) is 19.3 Å². The molecule has 0 saturated carbocycles. The van der Waals surface area contributed by atoms with Crippen LogP contribution in [0.15, 0.2) is 40.8 Å². The average molecular weight is 356 g/mol. The number of carbonyl (C=O) groups is 1. The summed E-state index contributed by atoms with van der Waals surface area (Å²) in [4.78, 5) is 14.6. The summed E-state index contributed by atoms with van der Waals surface area (Å²) in [6.07, 6.45) is 3.66. The van der Waals surface area contributed by atoms with Crippen LogP contribution in [0.1, 0.15) is 42.4 Å². The summed E-state index contributed by atoms with van der Waals surface area (Å²) in [7, 11) is 0. The summed E-state index contributed by atoms with van der Waals surface area (Å²) in [5, 5.41) is 3.01. The molecule has 0 unspecified atom stereocenters. The summed E-state index contributed by atoms with van der Waals surface area (Å²) in [6.45, 7) is 6.59. The van der Waals surface area contributed by atoms with Crippen LogP contribution >= 0.6 is 0 Å². The third kappa shape index (κ3) is 5.11. The van der Waals surface area contributed by atoms with E-state index in [1.807, 2.05) is 50.2 Å². The zero-order valence-corrected chi connectivity index (χ0v) is 15.7. The van der Waals surface area contributed by atoms with Crippen LogP contribution in [0.25, 0.3) is 0 Å². The molecule has 1 fully saturated rings. The standard InChI is InChI=1S/C21H28N2O3/c1-16-7-6-8-18(13-16)25-15-21(24)22-14-19(20-10-9-17(2)26-20)23-11-4-3-5-12-23/h6-10,13,19H,3-5,11-12,14-15H2,1-2H3,(H,22,24)/t19-/m1/s1. The zero-order chi connectivity index (χ0) is 18.4. The first kappa shape index (κ1) is 18.5. The predicted molar refractivity (Wildman–Crippen MR) is 101 cm³/mol. The van der Waals surface area contributed by atoms with Crippen molar-refractivity contribution in [1.82, 2.24) is 10.2 Å². The number of hydrogen-bond donors (Lipinski definition) is 1. The van der Waals surface area contributed by atoms with Crippen LogP contribution in [0, 0.1) is 13.8 Å². The van der Waals surface area contributed by atoms with Crippen LogP contribution in [0.5, 0.6) is 5.75 Å². The van der Waals surface area contributed by atoms with E-state index in [0.29, 0.717) is 6.54 Å². The van der Waals surface area contributed by atoms with Gasteiger partial charge in [0.15, 0.2) is 6.61 Å². The first-order chi connectivity index (χ1) is 12.6. The quantitative estimate of drug-likeness (QED) is 0.823. The lowest BCUT2D eigenvalue weighted by Crippen LogP contribution is -2.41. The molecule has 1 saturated heterocycles. The molecule has 1 aliphatic rings. The first-order valence-electron chi connectivity index (χ1n) is 9.38. The fourth-order valence-corrected chi connectivity index (χ4v) is 3.39. The van der Waals surface area contributed by atoms with Crippen molar-refractivity contribution in [2.75, 3.05) is 26.2 Å². The minimum absolute atomic E-state index is 0.0212. The summed E-state index contributed by atoms with van der Waals surface area (Å²) in [5.41, 5.74) is 1.11. The number of ether oxygens (including phenoxy) is 1. The van der Waals surface area contributed by atoms with E-state index < -0.39 is 0 Å². The topological polar surface area (TPSA) is 54.7 Å². The molecule has 5 heteroatoms. The van der Waals surface area contributed by atoms with Crippen molar-refractivity contribution in [2.45, 2.75) is 39.2 Å². The van der Waals surface area contributed by atoms with Crippen molar-refractivity contribution < 1.29 is 13.9 Å². The average Bonchev–Trinajstić information content (AvgIpc) is 3.07. The summed E-state index contributed by atoms with van der Waals surface area (Å²) < 4.78 is 11.4. The monoisotopic (exact) mass is 356 g/mol. The number of aryl methyl sites for hydroxylation is 2. The SMILES string of the molecule is Cc1cccc(OCC(=O)NC[C@H](c2ccc(C)o2)N2CCCCC2)c1. The van der Waals surface area contributed by atoms with Gasteiger partial charge >= 0.3 is 0 Å². The second-order valence-electron chi connectivity index (χ2n) is 6.97. The molecule has 140 valence electrons. The number of nitrogens with zero attached hydrogens (tertiary/aromatic N) is 1. The highest BCUT2D eigenvalue weighted by molar-refractivity contribution is 5.77. The Hall–Kier alpha value is -2.27. The smallest absolute Gasteiger partial charge is 0.258 e. The lowest BCUT2D eigenvalue weighted by Gasteiger charge is -2.33. The van der Waals surface area contributed by atoms with Crippen molar-refractivity contribution in [3.05, 3.63) is 53.5 Å². The fourth-order valence-electron chi connectivity index (χ4n) is 3.39. The molecule has 1 N–H and O–H groups in total. The van der Waals surface area contributed by atoms with E-state index in [0.717, 1.165) is 35.9 Å². The lowest BCUT2D eigenvalue weighted by molar-refractivity contribution is -0.123. The van der Waals surface area contributed by atoms with Crippen molar-refractivity contribution in [1.29, 1.82) is 0 Å². The maximum atomic E-state index is 12.2. The van der Waals surface area contributed by atoms with E-state index in [-0.39, 0.29) is 18.6 Å². The molecule has 0 bridgehead atoms. The van der Waals surface area contributed by atoms with Gasteiger partial charge in [0.2, 0.25) is 0 Å².